The quantitative estimate of drug-likeness (QED) is 0.414. The second-order valence-electron chi connectivity index (χ2n) is 12.8. The monoisotopic (exact) mass is 353 g/mol. The highest BCUT2D eigenvalue weighted by Crippen LogP contribution is 2.29. The molecular weight excluding hydrogens is 302 g/mol. The van der Waals surface area contributed by atoms with Crippen molar-refractivity contribution in [2.45, 2.75) is 102 Å². The first-order valence-corrected chi connectivity index (χ1v) is 10.7. The summed E-state index contributed by atoms with van der Waals surface area (Å²) < 4.78 is 0. The minimum absolute atomic E-state index is 0.430. The van der Waals surface area contributed by atoms with E-state index in [0.29, 0.717) is 16.2 Å². The summed E-state index contributed by atoms with van der Waals surface area (Å²) in [5.74, 6) is 2.30. The summed E-state index contributed by atoms with van der Waals surface area (Å²) in [6.45, 7) is 32.4. The van der Waals surface area contributed by atoms with Gasteiger partial charge in [0.25, 0.3) is 0 Å². The third-order valence-corrected chi connectivity index (χ3v) is 4.59. The second kappa shape index (κ2) is 9.77. The van der Waals surface area contributed by atoms with Crippen LogP contribution in [0.2, 0.25) is 0 Å². The molecule has 0 heterocycles. The predicted octanol–water partition coefficient (Wildman–Crippen LogP) is 7.51. The van der Waals surface area contributed by atoms with E-state index in [4.69, 9.17) is 0 Å². The van der Waals surface area contributed by atoms with E-state index in [1.165, 1.54) is 38.9 Å². The molecule has 0 spiro atoms. The molecule has 0 aliphatic rings. The Morgan fingerprint density at radius 1 is 0.480 bits per heavy atom. The highest BCUT2D eigenvalue weighted by molar-refractivity contribution is 4.76. The molecule has 0 saturated heterocycles. The van der Waals surface area contributed by atoms with Crippen molar-refractivity contribution >= 4 is 0 Å². The summed E-state index contributed by atoms with van der Waals surface area (Å²) in [6, 6.07) is 0. The van der Waals surface area contributed by atoms with Crippen molar-refractivity contribution in [3.63, 3.8) is 0 Å². The van der Waals surface area contributed by atoms with Gasteiger partial charge in [-0.25, -0.2) is 0 Å². The van der Waals surface area contributed by atoms with Gasteiger partial charge in [0, 0.05) is 19.6 Å². The molecule has 0 bridgehead atoms. The van der Waals surface area contributed by atoms with Crippen LogP contribution in [0.5, 0.6) is 0 Å². The molecule has 1 nitrogen and oxygen atoms in total. The molecule has 0 radical (unpaired) electrons. The molecule has 0 fully saturated rings. The van der Waals surface area contributed by atoms with Gasteiger partial charge in [0.05, 0.1) is 0 Å². The van der Waals surface area contributed by atoms with Crippen molar-refractivity contribution in [2.75, 3.05) is 19.6 Å². The normalized spacial score (nSPS) is 17.6. The molecule has 3 unspecified atom stereocenters. The van der Waals surface area contributed by atoms with Crippen LogP contribution in [-0.2, 0) is 0 Å². The third kappa shape index (κ3) is 15.9. The van der Waals surface area contributed by atoms with E-state index in [-0.39, 0.29) is 0 Å². The minimum atomic E-state index is 0.430. The van der Waals surface area contributed by atoms with Crippen molar-refractivity contribution in [2.24, 2.45) is 34.0 Å². The van der Waals surface area contributed by atoms with Crippen LogP contribution in [0.4, 0.5) is 0 Å². The van der Waals surface area contributed by atoms with E-state index in [9.17, 15) is 0 Å². The Kier molecular flexibility index (Phi) is 9.75. The van der Waals surface area contributed by atoms with Gasteiger partial charge >= 0.3 is 0 Å². The summed E-state index contributed by atoms with van der Waals surface area (Å²) in [7, 11) is 0. The summed E-state index contributed by atoms with van der Waals surface area (Å²) in [6.07, 6.45) is 3.93. The van der Waals surface area contributed by atoms with Gasteiger partial charge in [-0.3, -0.25) is 0 Å². The largest absolute Gasteiger partial charge is 0.303 e. The fourth-order valence-corrected chi connectivity index (χ4v) is 4.88. The smallest absolute Gasteiger partial charge is 0.000745 e. The van der Waals surface area contributed by atoms with Gasteiger partial charge in [-0.15, -0.1) is 0 Å². The van der Waals surface area contributed by atoms with Gasteiger partial charge in [-0.05, 0) is 53.3 Å². The van der Waals surface area contributed by atoms with Crippen molar-refractivity contribution in [1.82, 2.24) is 4.90 Å². The lowest BCUT2D eigenvalue weighted by molar-refractivity contribution is 0.135. The zero-order valence-electron chi connectivity index (χ0n) is 19.9. The molecule has 152 valence electrons. The molecule has 0 aromatic carbocycles. The first kappa shape index (κ1) is 25.0. The van der Waals surface area contributed by atoms with Crippen molar-refractivity contribution in [3.8, 4) is 0 Å². The van der Waals surface area contributed by atoms with E-state index >= 15 is 0 Å². The molecule has 25 heavy (non-hydrogen) atoms. The van der Waals surface area contributed by atoms with Crippen LogP contribution in [0, 0.1) is 34.0 Å². The van der Waals surface area contributed by atoms with Gasteiger partial charge in [0.15, 0.2) is 0 Å². The molecule has 0 aliphatic carbocycles. The zero-order valence-corrected chi connectivity index (χ0v) is 19.9. The highest BCUT2D eigenvalue weighted by Gasteiger charge is 2.24. The van der Waals surface area contributed by atoms with E-state index in [1.807, 2.05) is 0 Å². The maximum Gasteiger partial charge on any atom is 0.000745 e. The van der Waals surface area contributed by atoms with Crippen molar-refractivity contribution in [3.05, 3.63) is 0 Å². The maximum atomic E-state index is 2.78. The van der Waals surface area contributed by atoms with Gasteiger partial charge < -0.3 is 4.90 Å². The first-order valence-electron chi connectivity index (χ1n) is 10.7. The average molecular weight is 354 g/mol. The number of nitrogens with zero attached hydrogens (tertiary/aromatic N) is 1. The Bertz CT molecular complexity index is 293. The van der Waals surface area contributed by atoms with Crippen LogP contribution in [-0.4, -0.2) is 24.5 Å². The lowest BCUT2D eigenvalue weighted by Gasteiger charge is -2.35. The first-order chi connectivity index (χ1) is 11.0. The fourth-order valence-electron chi connectivity index (χ4n) is 4.88. The van der Waals surface area contributed by atoms with Crippen molar-refractivity contribution < 1.29 is 0 Å². The Hall–Kier alpha value is -0.0400. The van der Waals surface area contributed by atoms with Gasteiger partial charge in [-0.2, -0.15) is 0 Å². The Morgan fingerprint density at radius 3 is 0.840 bits per heavy atom. The van der Waals surface area contributed by atoms with Crippen LogP contribution in [0.1, 0.15) is 102 Å². The molecule has 0 rings (SSSR count). The minimum Gasteiger partial charge on any atom is -0.303 e. The van der Waals surface area contributed by atoms with Crippen LogP contribution < -0.4 is 0 Å². The fraction of sp³-hybridized carbons (Fsp3) is 1.00. The van der Waals surface area contributed by atoms with Gasteiger partial charge in [-0.1, -0.05) is 83.1 Å². The summed E-state index contributed by atoms with van der Waals surface area (Å²) in [5, 5.41) is 0. The van der Waals surface area contributed by atoms with Gasteiger partial charge in [0.1, 0.15) is 0 Å². The number of rotatable bonds is 9. The predicted molar refractivity (Wildman–Crippen MR) is 116 cm³/mol. The standard InChI is InChI=1S/C24H51N/c1-19(13-22(4,5)6)16-25(17-20(2)14-23(7,8)9)18-21(3)15-24(10,11)12/h19-21H,13-18H2,1-12H3. The number of hydrogen-bond acceptors (Lipinski definition) is 1. The maximum absolute atomic E-state index is 2.78. The molecule has 0 N–H and O–H groups in total. The van der Waals surface area contributed by atoms with E-state index in [1.54, 1.807) is 0 Å². The van der Waals surface area contributed by atoms with Crippen molar-refractivity contribution in [1.29, 1.82) is 0 Å². The highest BCUT2D eigenvalue weighted by atomic mass is 15.1. The molecule has 3 atom stereocenters. The third-order valence-electron chi connectivity index (χ3n) is 4.59. The molecular formula is C24H51N. The van der Waals surface area contributed by atoms with Crippen LogP contribution in [0.25, 0.3) is 0 Å². The Morgan fingerprint density at radius 2 is 0.680 bits per heavy atom. The SMILES string of the molecule is CC(CN(CC(C)CC(C)(C)C)CC(C)CC(C)(C)C)CC(C)(C)C. The Labute approximate surface area is 161 Å². The van der Waals surface area contributed by atoms with E-state index in [0.717, 1.165) is 17.8 Å². The van der Waals surface area contributed by atoms with Gasteiger partial charge in [0.2, 0.25) is 0 Å². The second-order valence-corrected chi connectivity index (χ2v) is 12.8. The lowest BCUT2D eigenvalue weighted by atomic mass is 9.83. The molecule has 0 amide bonds. The van der Waals surface area contributed by atoms with Crippen LogP contribution in [0.15, 0.2) is 0 Å². The van der Waals surface area contributed by atoms with E-state index in [2.05, 4.69) is 88.0 Å². The average Bonchev–Trinajstić information content (AvgIpc) is 2.18. The molecule has 0 aromatic rings. The molecule has 0 aliphatic heterocycles. The zero-order chi connectivity index (χ0) is 20.1. The molecule has 0 aromatic heterocycles. The van der Waals surface area contributed by atoms with Crippen LogP contribution >= 0.6 is 0 Å². The Balaban J connectivity index is 4.86. The molecule has 0 saturated carbocycles. The topological polar surface area (TPSA) is 3.24 Å². The summed E-state index contributed by atoms with van der Waals surface area (Å²) >= 11 is 0. The number of hydrogen-bond donors (Lipinski definition) is 0. The molecule has 1 heteroatoms. The summed E-state index contributed by atoms with van der Waals surface area (Å²) in [5.41, 5.74) is 1.29. The summed E-state index contributed by atoms with van der Waals surface area (Å²) in [4.78, 5) is 2.78. The van der Waals surface area contributed by atoms with Crippen LogP contribution in [0.3, 0.4) is 0 Å². The lowest BCUT2D eigenvalue weighted by Crippen LogP contribution is -2.38. The van der Waals surface area contributed by atoms with E-state index < -0.39 is 0 Å².